The summed E-state index contributed by atoms with van der Waals surface area (Å²) in [5.41, 5.74) is 2.24. The quantitative estimate of drug-likeness (QED) is 0.801. The van der Waals surface area contributed by atoms with E-state index in [1.165, 1.54) is 11.8 Å². The van der Waals surface area contributed by atoms with E-state index in [4.69, 9.17) is 0 Å². The second-order valence-electron chi connectivity index (χ2n) is 8.60. The van der Waals surface area contributed by atoms with Crippen molar-refractivity contribution < 1.29 is 22.8 Å². The topological polar surface area (TPSA) is 67.2 Å². The molecule has 1 aromatic heterocycles. The van der Waals surface area contributed by atoms with Crippen LogP contribution >= 0.6 is 0 Å². The predicted octanol–water partition coefficient (Wildman–Crippen LogP) is 3.58. The van der Waals surface area contributed by atoms with Crippen molar-refractivity contribution in [2.24, 2.45) is 5.92 Å². The summed E-state index contributed by atoms with van der Waals surface area (Å²) in [7, 11) is 0. The Morgan fingerprint density at radius 3 is 2.43 bits per heavy atom. The van der Waals surface area contributed by atoms with Crippen LogP contribution in [0.5, 0.6) is 0 Å². The number of halogens is 3. The summed E-state index contributed by atoms with van der Waals surface area (Å²) >= 11 is 0. The molecule has 1 unspecified atom stereocenters. The van der Waals surface area contributed by atoms with Crippen molar-refractivity contribution in [3.8, 4) is 0 Å². The summed E-state index contributed by atoms with van der Waals surface area (Å²) in [6.07, 6.45) is -3.18. The number of aromatic nitrogens is 2. The van der Waals surface area contributed by atoms with Crippen LogP contribution in [0, 0.1) is 5.92 Å². The number of carbonyl (C=O) groups excluding carboxylic acids is 2. The summed E-state index contributed by atoms with van der Waals surface area (Å²) in [6.45, 7) is 5.24. The van der Waals surface area contributed by atoms with Gasteiger partial charge in [-0.3, -0.25) is 9.59 Å². The fourth-order valence-electron chi connectivity index (χ4n) is 3.39. The lowest BCUT2D eigenvalue weighted by atomic mass is 9.87. The smallest absolute Gasteiger partial charge is 0.333 e. The minimum Gasteiger partial charge on any atom is -0.333 e. The van der Waals surface area contributed by atoms with Crippen LogP contribution in [0.4, 0.5) is 19.0 Å². The molecule has 1 aromatic carbocycles. The number of amides is 2. The Hall–Kier alpha value is -2.84. The van der Waals surface area contributed by atoms with Gasteiger partial charge in [-0.25, -0.2) is 4.68 Å². The molecule has 0 aliphatic carbocycles. The monoisotopic (exact) mass is 422 g/mol. The van der Waals surface area contributed by atoms with Crippen LogP contribution < -0.4 is 5.32 Å². The molecule has 2 aromatic rings. The molecule has 1 N–H and O–H groups in total. The standard InChI is InChI=1S/C21H25F3N4O2/c1-20(2,3)16-6-4-14(5-7-16)11-28-17(8-9-25-28)26-19(30)15-10-18(29)27(12-15)13-21(22,23)24/h4-9,15H,10-13H2,1-3H3,(H,26,30). The number of carbonyl (C=O) groups is 2. The van der Waals surface area contributed by atoms with E-state index in [1.807, 2.05) is 12.1 Å². The van der Waals surface area contributed by atoms with Crippen LogP contribution in [0.25, 0.3) is 0 Å². The fourth-order valence-corrected chi connectivity index (χ4v) is 3.39. The maximum Gasteiger partial charge on any atom is 0.406 e. The Kier molecular flexibility index (Phi) is 5.92. The van der Waals surface area contributed by atoms with Crippen molar-refractivity contribution >= 4 is 17.6 Å². The Balaban J connectivity index is 1.63. The Labute approximate surface area is 173 Å². The van der Waals surface area contributed by atoms with Gasteiger partial charge < -0.3 is 10.2 Å². The lowest BCUT2D eigenvalue weighted by molar-refractivity contribution is -0.157. The van der Waals surface area contributed by atoms with Gasteiger partial charge >= 0.3 is 6.18 Å². The van der Waals surface area contributed by atoms with Gasteiger partial charge in [-0.2, -0.15) is 18.3 Å². The first-order chi connectivity index (χ1) is 13.9. The zero-order valence-corrected chi connectivity index (χ0v) is 17.2. The first kappa shape index (κ1) is 21.9. The molecule has 1 saturated heterocycles. The summed E-state index contributed by atoms with van der Waals surface area (Å²) in [4.78, 5) is 25.0. The predicted molar refractivity (Wildman–Crippen MR) is 106 cm³/mol. The molecule has 162 valence electrons. The van der Waals surface area contributed by atoms with Crippen LogP contribution in [0.3, 0.4) is 0 Å². The van der Waals surface area contributed by atoms with Crippen LogP contribution in [0.1, 0.15) is 38.3 Å². The minimum atomic E-state index is -4.48. The number of alkyl halides is 3. The second-order valence-corrected chi connectivity index (χ2v) is 8.60. The molecule has 0 radical (unpaired) electrons. The molecule has 0 saturated carbocycles. The zero-order chi connectivity index (χ0) is 22.1. The van der Waals surface area contributed by atoms with Crippen molar-refractivity contribution in [1.29, 1.82) is 0 Å². The van der Waals surface area contributed by atoms with Gasteiger partial charge in [-0.05, 0) is 16.5 Å². The average Bonchev–Trinajstić information content (AvgIpc) is 3.20. The van der Waals surface area contributed by atoms with Gasteiger partial charge in [0.25, 0.3) is 0 Å². The molecule has 0 bridgehead atoms. The van der Waals surface area contributed by atoms with Crippen molar-refractivity contribution in [3.05, 3.63) is 47.7 Å². The van der Waals surface area contributed by atoms with E-state index in [0.29, 0.717) is 17.3 Å². The van der Waals surface area contributed by atoms with Crippen LogP contribution in [-0.4, -0.2) is 45.8 Å². The van der Waals surface area contributed by atoms with Crippen molar-refractivity contribution in [2.45, 2.75) is 45.3 Å². The molecule has 3 rings (SSSR count). The number of hydrogen-bond acceptors (Lipinski definition) is 3. The third kappa shape index (κ3) is 5.40. The van der Waals surface area contributed by atoms with Gasteiger partial charge in [0.2, 0.25) is 11.8 Å². The summed E-state index contributed by atoms with van der Waals surface area (Å²) in [5.74, 6) is -1.55. The number of likely N-dealkylation sites (tertiary alicyclic amines) is 1. The molecule has 2 amide bonds. The highest BCUT2D eigenvalue weighted by atomic mass is 19.4. The summed E-state index contributed by atoms with van der Waals surface area (Å²) < 4.78 is 39.3. The molecule has 2 heterocycles. The van der Waals surface area contributed by atoms with Gasteiger partial charge in [0.05, 0.1) is 18.7 Å². The third-order valence-corrected chi connectivity index (χ3v) is 5.08. The van der Waals surface area contributed by atoms with E-state index < -0.39 is 30.5 Å². The third-order valence-electron chi connectivity index (χ3n) is 5.08. The van der Waals surface area contributed by atoms with Crippen molar-refractivity contribution in [3.63, 3.8) is 0 Å². The number of nitrogens with zero attached hydrogens (tertiary/aromatic N) is 3. The maximum atomic E-state index is 12.6. The van der Waals surface area contributed by atoms with Gasteiger partial charge in [0, 0.05) is 19.0 Å². The zero-order valence-electron chi connectivity index (χ0n) is 17.2. The average molecular weight is 422 g/mol. The van der Waals surface area contributed by atoms with E-state index in [9.17, 15) is 22.8 Å². The number of anilines is 1. The van der Waals surface area contributed by atoms with Gasteiger partial charge in [-0.1, -0.05) is 45.0 Å². The minimum absolute atomic E-state index is 0.0437. The molecule has 1 fully saturated rings. The number of benzene rings is 1. The highest BCUT2D eigenvalue weighted by Crippen LogP contribution is 2.25. The van der Waals surface area contributed by atoms with Gasteiger partial charge in [0.1, 0.15) is 12.4 Å². The van der Waals surface area contributed by atoms with E-state index in [2.05, 4.69) is 43.3 Å². The van der Waals surface area contributed by atoms with E-state index in [0.717, 1.165) is 5.56 Å². The Morgan fingerprint density at radius 2 is 1.83 bits per heavy atom. The van der Waals surface area contributed by atoms with Crippen LogP contribution in [-0.2, 0) is 21.5 Å². The fraction of sp³-hybridized carbons (Fsp3) is 0.476. The summed E-state index contributed by atoms with van der Waals surface area (Å²) in [6, 6.07) is 9.72. The Morgan fingerprint density at radius 1 is 1.17 bits per heavy atom. The Bertz CT molecular complexity index is 914. The second kappa shape index (κ2) is 8.12. The molecule has 30 heavy (non-hydrogen) atoms. The van der Waals surface area contributed by atoms with Crippen LogP contribution in [0.15, 0.2) is 36.5 Å². The summed E-state index contributed by atoms with van der Waals surface area (Å²) in [5, 5.41) is 6.91. The first-order valence-electron chi connectivity index (χ1n) is 9.69. The lowest BCUT2D eigenvalue weighted by Crippen LogP contribution is -2.36. The molecular weight excluding hydrogens is 397 g/mol. The number of nitrogens with one attached hydrogen (secondary N) is 1. The van der Waals surface area contributed by atoms with E-state index >= 15 is 0 Å². The number of hydrogen-bond donors (Lipinski definition) is 1. The van der Waals surface area contributed by atoms with E-state index in [-0.39, 0.29) is 18.4 Å². The highest BCUT2D eigenvalue weighted by Gasteiger charge is 2.40. The van der Waals surface area contributed by atoms with Crippen molar-refractivity contribution in [2.75, 3.05) is 18.4 Å². The largest absolute Gasteiger partial charge is 0.406 e. The van der Waals surface area contributed by atoms with Crippen LogP contribution in [0.2, 0.25) is 0 Å². The van der Waals surface area contributed by atoms with E-state index in [1.54, 1.807) is 10.7 Å². The maximum absolute atomic E-state index is 12.6. The molecule has 0 spiro atoms. The molecule has 6 nitrogen and oxygen atoms in total. The SMILES string of the molecule is CC(C)(C)c1ccc(Cn2nccc2NC(=O)C2CC(=O)N(CC(F)(F)F)C2)cc1. The normalized spacial score (nSPS) is 17.5. The molecular formula is C21H25F3N4O2. The van der Waals surface area contributed by atoms with Gasteiger partial charge in [-0.15, -0.1) is 0 Å². The molecule has 1 aliphatic rings. The lowest BCUT2D eigenvalue weighted by Gasteiger charge is -2.19. The molecule has 1 aliphatic heterocycles. The molecule has 1 atom stereocenters. The molecule has 9 heteroatoms. The first-order valence-corrected chi connectivity index (χ1v) is 9.69. The van der Waals surface area contributed by atoms with Crippen molar-refractivity contribution in [1.82, 2.24) is 14.7 Å². The van der Waals surface area contributed by atoms with Gasteiger partial charge in [0.15, 0.2) is 0 Å². The number of rotatable bonds is 5. The highest BCUT2D eigenvalue weighted by molar-refractivity contribution is 5.96.